The number of carbonyl (C=O) groups is 2. The normalized spacial score (nSPS) is 27.5. The first-order valence-electron chi connectivity index (χ1n) is 3.88. The Morgan fingerprint density at radius 1 is 1.57 bits per heavy atom. The average Bonchev–Trinajstić information content (AvgIpc) is 2.27. The molecule has 1 amide bonds. The number of aliphatic carboxylic acids is 1. The van der Waals surface area contributed by atoms with E-state index in [0.717, 1.165) is 0 Å². The second-order valence-corrected chi connectivity index (χ2v) is 3.17. The van der Waals surface area contributed by atoms with E-state index < -0.39 is 36.4 Å². The molecule has 0 saturated carbocycles. The number of amides is 1. The van der Waals surface area contributed by atoms with E-state index in [9.17, 15) is 22.8 Å². The van der Waals surface area contributed by atoms with Crippen molar-refractivity contribution < 1.29 is 27.9 Å². The van der Waals surface area contributed by atoms with Gasteiger partial charge in [0.15, 0.2) is 0 Å². The molecule has 0 aliphatic carbocycles. The summed E-state index contributed by atoms with van der Waals surface area (Å²) in [6, 6.07) is -1.41. The number of hydrogen-bond acceptors (Lipinski definition) is 2. The number of hydrogen-bond donors (Lipinski definition) is 2. The van der Waals surface area contributed by atoms with Crippen LogP contribution < -0.4 is 5.32 Å². The van der Waals surface area contributed by atoms with Gasteiger partial charge in [-0.05, 0) is 0 Å². The van der Waals surface area contributed by atoms with Crippen LogP contribution in [0.25, 0.3) is 0 Å². The zero-order valence-electron chi connectivity index (χ0n) is 6.97. The van der Waals surface area contributed by atoms with Crippen molar-refractivity contribution in [1.82, 2.24) is 5.32 Å². The summed E-state index contributed by atoms with van der Waals surface area (Å²) in [5.41, 5.74) is 0. The van der Waals surface area contributed by atoms with Crippen molar-refractivity contribution in [3.8, 4) is 0 Å². The van der Waals surface area contributed by atoms with E-state index in [1.54, 1.807) is 0 Å². The minimum atomic E-state index is -4.44. The van der Waals surface area contributed by atoms with Gasteiger partial charge in [-0.15, -0.1) is 0 Å². The molecule has 0 aromatic rings. The van der Waals surface area contributed by atoms with Crippen LogP contribution in [0.5, 0.6) is 0 Å². The Morgan fingerprint density at radius 2 is 2.14 bits per heavy atom. The first kappa shape index (κ1) is 10.8. The van der Waals surface area contributed by atoms with Crippen LogP contribution >= 0.6 is 0 Å². The van der Waals surface area contributed by atoms with E-state index >= 15 is 0 Å². The standard InChI is InChI=1S/C7H8F3NO3/c8-7(9,10)2-3-1-4(12)11-5(3)6(13)14/h3,5H,1-2H2,(H,11,12)(H,13,14). The Labute approximate surface area is 77.1 Å². The Bertz CT molecular complexity index is 263. The summed E-state index contributed by atoms with van der Waals surface area (Å²) < 4.78 is 35.8. The fourth-order valence-electron chi connectivity index (χ4n) is 1.46. The summed E-state index contributed by atoms with van der Waals surface area (Å²) in [5, 5.41) is 10.5. The van der Waals surface area contributed by atoms with Gasteiger partial charge in [-0.2, -0.15) is 13.2 Å². The number of halogens is 3. The molecule has 1 aliphatic rings. The average molecular weight is 211 g/mol. The van der Waals surface area contributed by atoms with Crippen LogP contribution in [0.3, 0.4) is 0 Å². The summed E-state index contributed by atoms with van der Waals surface area (Å²) in [6.45, 7) is 0. The molecule has 1 rings (SSSR count). The number of carbonyl (C=O) groups excluding carboxylic acids is 1. The second-order valence-electron chi connectivity index (χ2n) is 3.17. The highest BCUT2D eigenvalue weighted by Gasteiger charge is 2.43. The van der Waals surface area contributed by atoms with Crippen LogP contribution in [-0.4, -0.2) is 29.2 Å². The van der Waals surface area contributed by atoms with Crippen molar-refractivity contribution in [2.45, 2.75) is 25.1 Å². The van der Waals surface area contributed by atoms with Crippen LogP contribution in [0.15, 0.2) is 0 Å². The fraction of sp³-hybridized carbons (Fsp3) is 0.714. The molecule has 1 fully saturated rings. The lowest BCUT2D eigenvalue weighted by Crippen LogP contribution is -2.38. The molecule has 7 heteroatoms. The molecule has 2 atom stereocenters. The van der Waals surface area contributed by atoms with Gasteiger partial charge in [0, 0.05) is 18.8 Å². The predicted molar refractivity (Wildman–Crippen MR) is 38.3 cm³/mol. The molecule has 0 bridgehead atoms. The lowest BCUT2D eigenvalue weighted by Gasteiger charge is -2.15. The quantitative estimate of drug-likeness (QED) is 0.700. The predicted octanol–water partition coefficient (Wildman–Crippen LogP) is 0.528. The van der Waals surface area contributed by atoms with Crippen molar-refractivity contribution in [2.24, 2.45) is 5.92 Å². The summed E-state index contributed by atoms with van der Waals surface area (Å²) in [7, 11) is 0. The molecule has 2 unspecified atom stereocenters. The van der Waals surface area contributed by atoms with Crippen molar-refractivity contribution in [3.63, 3.8) is 0 Å². The first-order valence-corrected chi connectivity index (χ1v) is 3.88. The van der Waals surface area contributed by atoms with Crippen molar-refractivity contribution in [3.05, 3.63) is 0 Å². The molecule has 1 heterocycles. The van der Waals surface area contributed by atoms with Crippen LogP contribution in [0, 0.1) is 5.92 Å². The van der Waals surface area contributed by atoms with Crippen molar-refractivity contribution in [1.29, 1.82) is 0 Å². The van der Waals surface area contributed by atoms with E-state index in [-0.39, 0.29) is 6.42 Å². The lowest BCUT2D eigenvalue weighted by atomic mass is 9.97. The molecule has 14 heavy (non-hydrogen) atoms. The van der Waals surface area contributed by atoms with Gasteiger partial charge in [0.2, 0.25) is 5.91 Å². The Hall–Kier alpha value is -1.27. The second kappa shape index (κ2) is 3.47. The minimum absolute atomic E-state index is 0.378. The van der Waals surface area contributed by atoms with Crippen LogP contribution in [-0.2, 0) is 9.59 Å². The molecular weight excluding hydrogens is 203 g/mol. The monoisotopic (exact) mass is 211 g/mol. The third kappa shape index (κ3) is 2.61. The molecule has 1 saturated heterocycles. The van der Waals surface area contributed by atoms with Gasteiger partial charge in [-0.3, -0.25) is 4.79 Å². The van der Waals surface area contributed by atoms with Gasteiger partial charge in [0.1, 0.15) is 6.04 Å². The highest BCUT2D eigenvalue weighted by Crippen LogP contribution is 2.31. The summed E-state index contributed by atoms with van der Waals surface area (Å²) in [4.78, 5) is 21.2. The van der Waals surface area contributed by atoms with E-state index in [2.05, 4.69) is 0 Å². The summed E-state index contributed by atoms with van der Waals surface area (Å²) >= 11 is 0. The van der Waals surface area contributed by atoms with Crippen LogP contribution in [0.1, 0.15) is 12.8 Å². The third-order valence-electron chi connectivity index (χ3n) is 2.00. The molecule has 0 aromatic heterocycles. The molecule has 0 spiro atoms. The molecule has 0 radical (unpaired) electrons. The summed E-state index contributed by atoms with van der Waals surface area (Å²) in [6.07, 6.45) is -6.07. The number of carboxylic acids is 1. The Balaban J connectivity index is 2.67. The van der Waals surface area contributed by atoms with Crippen LogP contribution in [0.4, 0.5) is 13.2 Å². The Morgan fingerprint density at radius 3 is 2.57 bits per heavy atom. The maximum Gasteiger partial charge on any atom is 0.389 e. The smallest absolute Gasteiger partial charge is 0.389 e. The Kier molecular flexibility index (Phi) is 2.68. The maximum absolute atomic E-state index is 11.9. The van der Waals surface area contributed by atoms with E-state index in [0.29, 0.717) is 0 Å². The van der Waals surface area contributed by atoms with Crippen molar-refractivity contribution in [2.75, 3.05) is 0 Å². The van der Waals surface area contributed by atoms with E-state index in [1.807, 2.05) is 5.32 Å². The van der Waals surface area contributed by atoms with Gasteiger partial charge in [0.05, 0.1) is 0 Å². The van der Waals surface area contributed by atoms with Gasteiger partial charge in [0.25, 0.3) is 0 Å². The van der Waals surface area contributed by atoms with Gasteiger partial charge < -0.3 is 10.4 Å². The topological polar surface area (TPSA) is 66.4 Å². The molecule has 1 aliphatic heterocycles. The van der Waals surface area contributed by atoms with Gasteiger partial charge >= 0.3 is 12.1 Å². The molecule has 4 nitrogen and oxygen atoms in total. The largest absolute Gasteiger partial charge is 0.480 e. The SMILES string of the molecule is O=C1CC(CC(F)(F)F)C(C(=O)O)N1. The molecule has 0 aromatic carbocycles. The highest BCUT2D eigenvalue weighted by atomic mass is 19.4. The molecule has 2 N–H and O–H groups in total. The van der Waals surface area contributed by atoms with Crippen molar-refractivity contribution >= 4 is 11.9 Å². The first-order chi connectivity index (χ1) is 6.29. The number of nitrogens with one attached hydrogen (secondary N) is 1. The minimum Gasteiger partial charge on any atom is -0.480 e. The number of carboxylic acid groups (broad SMARTS) is 1. The number of rotatable bonds is 2. The zero-order valence-corrected chi connectivity index (χ0v) is 6.97. The van der Waals surface area contributed by atoms with Crippen LogP contribution in [0.2, 0.25) is 0 Å². The van der Waals surface area contributed by atoms with E-state index in [1.165, 1.54) is 0 Å². The molecular formula is C7H8F3NO3. The lowest BCUT2D eigenvalue weighted by molar-refractivity contribution is -0.152. The van der Waals surface area contributed by atoms with Gasteiger partial charge in [-0.1, -0.05) is 0 Å². The highest BCUT2D eigenvalue weighted by molar-refractivity contribution is 5.87. The van der Waals surface area contributed by atoms with E-state index in [4.69, 9.17) is 5.11 Å². The summed E-state index contributed by atoms with van der Waals surface area (Å²) in [5.74, 6) is -3.27. The fourth-order valence-corrected chi connectivity index (χ4v) is 1.46. The number of alkyl halides is 3. The zero-order chi connectivity index (χ0) is 10.9. The third-order valence-corrected chi connectivity index (χ3v) is 2.00. The maximum atomic E-state index is 11.9. The van der Waals surface area contributed by atoms with Gasteiger partial charge in [-0.25, -0.2) is 4.79 Å². The molecule has 80 valence electrons.